The molecule has 0 radical (unpaired) electrons. The van der Waals surface area contributed by atoms with Crippen LogP contribution in [0.3, 0.4) is 0 Å². The first kappa shape index (κ1) is 13.9. The average Bonchev–Trinajstić information content (AvgIpc) is 2.00. The molecule has 0 spiro atoms. The van der Waals surface area contributed by atoms with Crippen molar-refractivity contribution in [1.29, 1.82) is 0 Å². The fraction of sp³-hybridized carbons (Fsp3) is 0.600. The maximum absolute atomic E-state index is 11.2. The lowest BCUT2D eigenvalue weighted by atomic mass is 10.4. The Balaban J connectivity index is 3.74. The van der Waals surface area contributed by atoms with E-state index < -0.39 is 14.3 Å². The highest BCUT2D eigenvalue weighted by Gasteiger charge is 2.19. The van der Waals surface area contributed by atoms with E-state index in [2.05, 4.69) is 6.58 Å². The van der Waals surface area contributed by atoms with Crippen LogP contribution in [0.2, 0.25) is 19.6 Å². The number of ether oxygens (including phenoxy) is 1. The summed E-state index contributed by atoms with van der Waals surface area (Å²) in [6.07, 6.45) is 0.100. The van der Waals surface area contributed by atoms with Crippen LogP contribution in [-0.2, 0) is 18.8 Å². The van der Waals surface area contributed by atoms with Gasteiger partial charge in [0.25, 0.3) is 5.97 Å². The number of esters is 1. The third-order valence-corrected chi connectivity index (χ3v) is 2.15. The van der Waals surface area contributed by atoms with Gasteiger partial charge in [-0.05, 0) is 26.6 Å². The number of hydrogen-bond donors (Lipinski definition) is 0. The van der Waals surface area contributed by atoms with Gasteiger partial charge in [0.2, 0.25) is 8.32 Å². The van der Waals surface area contributed by atoms with Crippen molar-refractivity contribution in [3.05, 3.63) is 12.2 Å². The van der Waals surface area contributed by atoms with Crippen LogP contribution < -0.4 is 0 Å². The lowest BCUT2D eigenvalue weighted by Gasteiger charge is -2.17. The van der Waals surface area contributed by atoms with Crippen molar-refractivity contribution in [2.45, 2.75) is 33.0 Å². The number of hydrogen-bond acceptors (Lipinski definition) is 4. The van der Waals surface area contributed by atoms with Gasteiger partial charge >= 0.3 is 5.97 Å². The molecule has 0 aromatic rings. The van der Waals surface area contributed by atoms with E-state index in [1.165, 1.54) is 0 Å². The molecule has 0 rings (SSSR count). The molecule has 0 saturated carbocycles. The van der Waals surface area contributed by atoms with Gasteiger partial charge in [-0.3, -0.25) is 4.79 Å². The average molecular weight is 230 g/mol. The molecule has 0 amide bonds. The number of carbonyl (C=O) groups is 2. The topological polar surface area (TPSA) is 52.6 Å². The molecule has 0 aromatic carbocycles. The highest BCUT2D eigenvalue weighted by atomic mass is 28.4. The highest BCUT2D eigenvalue weighted by molar-refractivity contribution is 6.71. The largest absolute Gasteiger partial charge is 0.520 e. The first-order valence-corrected chi connectivity index (χ1v) is 8.17. The van der Waals surface area contributed by atoms with E-state index in [4.69, 9.17) is 9.16 Å². The van der Waals surface area contributed by atoms with Crippen molar-refractivity contribution in [2.75, 3.05) is 6.61 Å². The Morgan fingerprint density at radius 1 is 1.27 bits per heavy atom. The van der Waals surface area contributed by atoms with Gasteiger partial charge in [0.15, 0.2) is 0 Å². The third kappa shape index (κ3) is 7.93. The lowest BCUT2D eigenvalue weighted by molar-refractivity contribution is -0.142. The summed E-state index contributed by atoms with van der Waals surface area (Å²) >= 11 is 0. The minimum absolute atomic E-state index is 0.0506. The second-order valence-electron chi connectivity index (χ2n) is 4.25. The highest BCUT2D eigenvalue weighted by Crippen LogP contribution is 2.04. The van der Waals surface area contributed by atoms with Crippen molar-refractivity contribution in [1.82, 2.24) is 0 Å². The van der Waals surface area contributed by atoms with Crippen molar-refractivity contribution in [3.63, 3.8) is 0 Å². The summed E-state index contributed by atoms with van der Waals surface area (Å²) in [5, 5.41) is 0. The van der Waals surface area contributed by atoms with Crippen LogP contribution in [0.25, 0.3) is 0 Å². The monoisotopic (exact) mass is 230 g/mol. The Morgan fingerprint density at radius 2 is 1.80 bits per heavy atom. The summed E-state index contributed by atoms with van der Waals surface area (Å²) in [5.41, 5.74) is 0.327. The zero-order valence-electron chi connectivity index (χ0n) is 9.75. The quantitative estimate of drug-likeness (QED) is 0.411. The van der Waals surface area contributed by atoms with E-state index >= 15 is 0 Å². The van der Waals surface area contributed by atoms with E-state index in [0.29, 0.717) is 5.57 Å². The fourth-order valence-electron chi connectivity index (χ4n) is 0.743. The summed E-state index contributed by atoms with van der Waals surface area (Å²) in [5.74, 6) is -0.792. The van der Waals surface area contributed by atoms with E-state index in [9.17, 15) is 9.59 Å². The van der Waals surface area contributed by atoms with Gasteiger partial charge in [0, 0.05) is 5.57 Å². The van der Waals surface area contributed by atoms with Crippen molar-refractivity contribution >= 4 is 20.3 Å². The molecule has 4 nitrogen and oxygen atoms in total. The first-order valence-electron chi connectivity index (χ1n) is 4.77. The van der Waals surface area contributed by atoms with Crippen LogP contribution >= 0.6 is 0 Å². The summed E-state index contributed by atoms with van der Waals surface area (Å²) in [4.78, 5) is 22.2. The molecule has 0 aliphatic rings. The molecular weight excluding hydrogens is 212 g/mol. The third-order valence-electron chi connectivity index (χ3n) is 1.31. The Labute approximate surface area is 91.4 Å². The fourth-order valence-corrected chi connectivity index (χ4v) is 1.53. The standard InChI is InChI=1S/C10H18O4Si/c1-8(2)10(12)13-7-6-9(11)14-15(3,4)5/h1,6-7H2,2-5H3. The molecular formula is C10H18O4Si. The number of carbonyl (C=O) groups excluding carboxylic acids is 2. The molecule has 15 heavy (non-hydrogen) atoms. The molecule has 5 heteroatoms. The predicted molar refractivity (Wildman–Crippen MR) is 59.8 cm³/mol. The molecule has 0 N–H and O–H groups in total. The SMILES string of the molecule is C=C(C)C(=O)OCCC(=O)O[Si](C)(C)C. The van der Waals surface area contributed by atoms with Gasteiger partial charge < -0.3 is 9.16 Å². The van der Waals surface area contributed by atoms with Crippen LogP contribution in [0.5, 0.6) is 0 Å². The Hall–Kier alpha value is -1.10. The smallest absolute Gasteiger partial charge is 0.333 e. The lowest BCUT2D eigenvalue weighted by Crippen LogP contribution is -2.29. The van der Waals surface area contributed by atoms with Crippen LogP contribution in [0.4, 0.5) is 0 Å². The van der Waals surface area contributed by atoms with Gasteiger partial charge in [-0.25, -0.2) is 4.79 Å². The van der Waals surface area contributed by atoms with E-state index in [0.717, 1.165) is 0 Å². The zero-order chi connectivity index (χ0) is 12.1. The molecule has 86 valence electrons. The van der Waals surface area contributed by atoms with Crippen LogP contribution in [0.1, 0.15) is 13.3 Å². The van der Waals surface area contributed by atoms with Crippen LogP contribution in [-0.4, -0.2) is 26.9 Å². The maximum Gasteiger partial charge on any atom is 0.333 e. The van der Waals surface area contributed by atoms with Gasteiger partial charge in [0.1, 0.15) is 6.61 Å². The molecule has 0 aliphatic carbocycles. The van der Waals surface area contributed by atoms with E-state index in [1.54, 1.807) is 6.92 Å². The van der Waals surface area contributed by atoms with Crippen molar-refractivity contribution in [3.8, 4) is 0 Å². The molecule has 0 saturated heterocycles. The minimum Gasteiger partial charge on any atom is -0.520 e. The molecule has 0 aromatic heterocycles. The molecule has 0 unspecified atom stereocenters. The van der Waals surface area contributed by atoms with Gasteiger partial charge in [0.05, 0.1) is 6.42 Å². The van der Waals surface area contributed by atoms with Gasteiger partial charge in [-0.15, -0.1) is 0 Å². The maximum atomic E-state index is 11.2. The Bertz CT molecular complexity index is 265. The zero-order valence-corrected chi connectivity index (χ0v) is 10.8. The van der Waals surface area contributed by atoms with E-state index in [-0.39, 0.29) is 19.0 Å². The summed E-state index contributed by atoms with van der Waals surface area (Å²) in [6, 6.07) is 0. The molecule has 0 aliphatic heterocycles. The Morgan fingerprint density at radius 3 is 2.20 bits per heavy atom. The van der Waals surface area contributed by atoms with Crippen LogP contribution in [0, 0.1) is 0 Å². The van der Waals surface area contributed by atoms with Crippen molar-refractivity contribution < 1.29 is 18.8 Å². The normalized spacial score (nSPS) is 10.7. The Kier molecular flexibility index (Phi) is 5.28. The minimum atomic E-state index is -1.83. The molecule has 0 bridgehead atoms. The summed E-state index contributed by atoms with van der Waals surface area (Å²) in [7, 11) is -1.83. The number of rotatable bonds is 5. The van der Waals surface area contributed by atoms with Gasteiger partial charge in [-0.2, -0.15) is 0 Å². The summed E-state index contributed by atoms with van der Waals surface area (Å²) < 4.78 is 9.93. The second kappa shape index (κ2) is 5.70. The molecule has 0 atom stereocenters. The van der Waals surface area contributed by atoms with Crippen LogP contribution in [0.15, 0.2) is 12.2 Å². The molecule has 0 heterocycles. The first-order chi connectivity index (χ1) is 6.72. The second-order valence-corrected chi connectivity index (χ2v) is 8.68. The molecule has 0 fully saturated rings. The summed E-state index contributed by atoms with van der Waals surface area (Å²) in [6.45, 7) is 10.8. The predicted octanol–water partition coefficient (Wildman–Crippen LogP) is 1.87. The van der Waals surface area contributed by atoms with E-state index in [1.807, 2.05) is 19.6 Å². The van der Waals surface area contributed by atoms with Crippen molar-refractivity contribution in [2.24, 2.45) is 0 Å². The van der Waals surface area contributed by atoms with Gasteiger partial charge in [-0.1, -0.05) is 6.58 Å².